The number of halogens is 2. The Bertz CT molecular complexity index is 399. The third-order valence-corrected chi connectivity index (χ3v) is 2.54. The fourth-order valence-electron chi connectivity index (χ4n) is 1.63. The molecule has 1 aliphatic heterocycles. The molecule has 0 saturated carbocycles. The van der Waals surface area contributed by atoms with E-state index in [1.54, 1.807) is 6.26 Å². The molecule has 1 atom stereocenters. The number of rotatable bonds is 1. The van der Waals surface area contributed by atoms with Gasteiger partial charge in [-0.3, -0.25) is 0 Å². The summed E-state index contributed by atoms with van der Waals surface area (Å²) < 4.78 is 31.4. The van der Waals surface area contributed by atoms with E-state index in [1.165, 1.54) is 12.1 Å². The SMILES string of the molecule is C[C@H]1CCC(c2ccc(F)cc2F)=CO1. The van der Waals surface area contributed by atoms with Gasteiger partial charge in [0.1, 0.15) is 11.6 Å². The Hall–Kier alpha value is -1.38. The second kappa shape index (κ2) is 4.01. The van der Waals surface area contributed by atoms with Crippen LogP contribution < -0.4 is 0 Å². The van der Waals surface area contributed by atoms with Crippen LogP contribution in [0, 0.1) is 11.6 Å². The Kier molecular flexibility index (Phi) is 2.71. The lowest BCUT2D eigenvalue weighted by Gasteiger charge is -2.20. The fourth-order valence-corrected chi connectivity index (χ4v) is 1.63. The topological polar surface area (TPSA) is 9.23 Å². The van der Waals surface area contributed by atoms with Gasteiger partial charge in [0.05, 0.1) is 12.4 Å². The van der Waals surface area contributed by atoms with Crippen molar-refractivity contribution >= 4 is 5.57 Å². The Morgan fingerprint density at radius 2 is 2.13 bits per heavy atom. The van der Waals surface area contributed by atoms with Crippen molar-refractivity contribution in [3.63, 3.8) is 0 Å². The Balaban J connectivity index is 2.30. The average Bonchev–Trinajstić information content (AvgIpc) is 2.20. The smallest absolute Gasteiger partial charge is 0.133 e. The van der Waals surface area contributed by atoms with Crippen molar-refractivity contribution < 1.29 is 13.5 Å². The molecule has 3 heteroatoms. The number of hydrogen-bond donors (Lipinski definition) is 0. The van der Waals surface area contributed by atoms with E-state index in [1.807, 2.05) is 6.92 Å². The summed E-state index contributed by atoms with van der Waals surface area (Å²) in [6, 6.07) is 3.61. The normalized spacial score (nSPS) is 20.7. The highest BCUT2D eigenvalue weighted by Gasteiger charge is 2.15. The summed E-state index contributed by atoms with van der Waals surface area (Å²) in [6.07, 6.45) is 3.38. The van der Waals surface area contributed by atoms with E-state index in [4.69, 9.17) is 4.74 Å². The molecule has 0 amide bonds. The molecule has 15 heavy (non-hydrogen) atoms. The van der Waals surface area contributed by atoms with Gasteiger partial charge in [-0.2, -0.15) is 0 Å². The molecule has 1 nitrogen and oxygen atoms in total. The van der Waals surface area contributed by atoms with Crippen LogP contribution in [0.1, 0.15) is 25.3 Å². The monoisotopic (exact) mass is 210 g/mol. The van der Waals surface area contributed by atoms with Crippen molar-refractivity contribution in [2.24, 2.45) is 0 Å². The van der Waals surface area contributed by atoms with Crippen LogP contribution in [0.3, 0.4) is 0 Å². The number of hydrogen-bond acceptors (Lipinski definition) is 1. The Morgan fingerprint density at radius 1 is 1.33 bits per heavy atom. The molecule has 0 aromatic heterocycles. The van der Waals surface area contributed by atoms with Crippen LogP contribution in [-0.2, 0) is 4.74 Å². The van der Waals surface area contributed by atoms with E-state index in [9.17, 15) is 8.78 Å². The highest BCUT2D eigenvalue weighted by molar-refractivity contribution is 5.65. The Labute approximate surface area is 87.4 Å². The van der Waals surface area contributed by atoms with Crippen LogP contribution in [0.2, 0.25) is 0 Å². The molecule has 0 radical (unpaired) electrons. The molecule has 1 aliphatic rings. The van der Waals surface area contributed by atoms with Crippen molar-refractivity contribution in [3.8, 4) is 0 Å². The van der Waals surface area contributed by atoms with E-state index in [-0.39, 0.29) is 6.10 Å². The predicted molar refractivity (Wildman–Crippen MR) is 54.1 cm³/mol. The first-order valence-corrected chi connectivity index (χ1v) is 4.97. The van der Waals surface area contributed by atoms with Crippen LogP contribution in [0.25, 0.3) is 5.57 Å². The van der Waals surface area contributed by atoms with Gasteiger partial charge >= 0.3 is 0 Å². The summed E-state index contributed by atoms with van der Waals surface area (Å²) in [5, 5.41) is 0. The molecule has 0 fully saturated rings. The minimum absolute atomic E-state index is 0.178. The van der Waals surface area contributed by atoms with Crippen LogP contribution >= 0.6 is 0 Å². The number of ether oxygens (including phenoxy) is 1. The van der Waals surface area contributed by atoms with E-state index in [2.05, 4.69) is 0 Å². The van der Waals surface area contributed by atoms with Gasteiger partial charge < -0.3 is 4.74 Å². The molecular formula is C12H12F2O. The molecule has 80 valence electrons. The maximum absolute atomic E-state index is 13.4. The van der Waals surface area contributed by atoms with Crippen LogP contribution in [-0.4, -0.2) is 6.10 Å². The fraction of sp³-hybridized carbons (Fsp3) is 0.333. The van der Waals surface area contributed by atoms with Gasteiger partial charge in [0.2, 0.25) is 0 Å². The number of allylic oxidation sites excluding steroid dienone is 1. The second-order valence-corrected chi connectivity index (χ2v) is 3.75. The van der Waals surface area contributed by atoms with Crippen LogP contribution in [0.15, 0.2) is 24.5 Å². The molecule has 2 rings (SSSR count). The summed E-state index contributed by atoms with van der Waals surface area (Å²) in [7, 11) is 0. The molecule has 0 N–H and O–H groups in total. The van der Waals surface area contributed by atoms with Gasteiger partial charge in [-0.15, -0.1) is 0 Å². The first-order valence-electron chi connectivity index (χ1n) is 4.97. The summed E-state index contributed by atoms with van der Waals surface area (Å²) in [4.78, 5) is 0. The minimum atomic E-state index is -0.554. The van der Waals surface area contributed by atoms with Gasteiger partial charge in [-0.05, 0) is 37.5 Å². The Morgan fingerprint density at radius 3 is 2.73 bits per heavy atom. The van der Waals surface area contributed by atoms with Crippen molar-refractivity contribution in [3.05, 3.63) is 41.7 Å². The molecule has 0 bridgehead atoms. The lowest BCUT2D eigenvalue weighted by atomic mass is 9.99. The zero-order chi connectivity index (χ0) is 10.8. The van der Waals surface area contributed by atoms with Crippen molar-refractivity contribution in [2.45, 2.75) is 25.9 Å². The summed E-state index contributed by atoms with van der Waals surface area (Å²) >= 11 is 0. The summed E-state index contributed by atoms with van der Waals surface area (Å²) in [6.45, 7) is 1.97. The van der Waals surface area contributed by atoms with Gasteiger partial charge in [0.15, 0.2) is 0 Å². The van der Waals surface area contributed by atoms with E-state index >= 15 is 0 Å². The molecule has 0 saturated heterocycles. The van der Waals surface area contributed by atoms with Crippen LogP contribution in [0.5, 0.6) is 0 Å². The van der Waals surface area contributed by atoms with Crippen molar-refractivity contribution in [1.82, 2.24) is 0 Å². The predicted octanol–water partition coefficient (Wildman–Crippen LogP) is 3.50. The zero-order valence-electron chi connectivity index (χ0n) is 8.47. The minimum Gasteiger partial charge on any atom is -0.498 e. The number of benzene rings is 1. The van der Waals surface area contributed by atoms with Crippen molar-refractivity contribution in [1.29, 1.82) is 0 Å². The summed E-state index contributed by atoms with van der Waals surface area (Å²) in [5.41, 5.74) is 1.23. The highest BCUT2D eigenvalue weighted by Crippen LogP contribution is 2.28. The average molecular weight is 210 g/mol. The molecule has 0 spiro atoms. The second-order valence-electron chi connectivity index (χ2n) is 3.75. The standard InChI is InChI=1S/C12H12F2O/c1-8-2-3-9(7-15-8)11-5-4-10(13)6-12(11)14/h4-8H,2-3H2,1H3/t8-/m0/s1. The zero-order valence-corrected chi connectivity index (χ0v) is 8.47. The third-order valence-electron chi connectivity index (χ3n) is 2.54. The lowest BCUT2D eigenvalue weighted by molar-refractivity contribution is 0.144. The molecule has 0 aliphatic carbocycles. The molecule has 0 unspecified atom stereocenters. The maximum atomic E-state index is 13.4. The van der Waals surface area contributed by atoms with Gasteiger partial charge in [0, 0.05) is 11.6 Å². The van der Waals surface area contributed by atoms with E-state index < -0.39 is 11.6 Å². The maximum Gasteiger partial charge on any atom is 0.133 e. The molecule has 1 aromatic carbocycles. The van der Waals surface area contributed by atoms with Crippen LogP contribution in [0.4, 0.5) is 8.78 Å². The van der Waals surface area contributed by atoms with Crippen molar-refractivity contribution in [2.75, 3.05) is 0 Å². The van der Waals surface area contributed by atoms with E-state index in [0.29, 0.717) is 5.56 Å². The lowest BCUT2D eigenvalue weighted by Crippen LogP contribution is -2.10. The van der Waals surface area contributed by atoms with Gasteiger partial charge in [-0.25, -0.2) is 8.78 Å². The van der Waals surface area contributed by atoms with E-state index in [0.717, 1.165) is 24.5 Å². The largest absolute Gasteiger partial charge is 0.498 e. The molecular weight excluding hydrogens is 198 g/mol. The molecule has 1 aromatic rings. The first-order chi connectivity index (χ1) is 7.16. The van der Waals surface area contributed by atoms with Gasteiger partial charge in [-0.1, -0.05) is 0 Å². The molecule has 1 heterocycles. The first kappa shape index (κ1) is 10.1. The quantitative estimate of drug-likeness (QED) is 0.689. The highest BCUT2D eigenvalue weighted by atomic mass is 19.1. The third kappa shape index (κ3) is 2.17. The summed E-state index contributed by atoms with van der Waals surface area (Å²) in [5.74, 6) is -1.08. The van der Waals surface area contributed by atoms with Gasteiger partial charge in [0.25, 0.3) is 0 Å².